The van der Waals surface area contributed by atoms with Gasteiger partial charge in [-0.15, -0.1) is 0 Å². The predicted molar refractivity (Wildman–Crippen MR) is 52.7 cm³/mol. The number of aliphatic hydroxyl groups excluding tert-OH is 1. The fourth-order valence-corrected chi connectivity index (χ4v) is 2.20. The highest BCUT2D eigenvalue weighted by molar-refractivity contribution is 6.31. The van der Waals surface area contributed by atoms with Crippen molar-refractivity contribution < 1.29 is 5.11 Å². The van der Waals surface area contributed by atoms with Gasteiger partial charge in [0.2, 0.25) is 0 Å². The van der Waals surface area contributed by atoms with Crippen LogP contribution in [0.4, 0.5) is 0 Å². The maximum atomic E-state index is 9.19. The molecule has 0 aromatic heterocycles. The van der Waals surface area contributed by atoms with E-state index in [9.17, 15) is 5.11 Å². The number of halogens is 1. The van der Waals surface area contributed by atoms with Crippen LogP contribution in [0.2, 0.25) is 5.02 Å². The van der Waals surface area contributed by atoms with Crippen molar-refractivity contribution in [3.63, 3.8) is 0 Å². The number of fused-ring (bicyclic) bond motifs is 1. The third-order valence-electron chi connectivity index (χ3n) is 2.76. The zero-order valence-electron chi connectivity index (χ0n) is 7.26. The fourth-order valence-electron chi connectivity index (χ4n) is 1.93. The molecule has 0 radical (unpaired) electrons. The van der Waals surface area contributed by atoms with Crippen molar-refractivity contribution in [2.75, 3.05) is 6.61 Å². The molecule has 0 saturated carbocycles. The lowest BCUT2D eigenvalue weighted by molar-refractivity contribution is 0.197. The topological polar surface area (TPSA) is 46.2 Å². The lowest BCUT2D eigenvalue weighted by atomic mass is 9.94. The van der Waals surface area contributed by atoms with Crippen LogP contribution in [-0.2, 0) is 12.0 Å². The predicted octanol–water partition coefficient (Wildman–Crippen LogP) is 1.43. The molecule has 1 aromatic rings. The SMILES string of the molecule is NC1(CO)CCc2c(Cl)cccc21. The summed E-state index contributed by atoms with van der Waals surface area (Å²) in [4.78, 5) is 0. The second kappa shape index (κ2) is 2.98. The van der Waals surface area contributed by atoms with Crippen molar-refractivity contribution >= 4 is 11.6 Å². The Bertz CT molecular complexity index is 340. The summed E-state index contributed by atoms with van der Waals surface area (Å²) in [7, 11) is 0. The van der Waals surface area contributed by atoms with Gasteiger partial charge in [0.05, 0.1) is 12.1 Å². The minimum absolute atomic E-state index is 0.0135. The van der Waals surface area contributed by atoms with Gasteiger partial charge in [0.15, 0.2) is 0 Å². The molecule has 13 heavy (non-hydrogen) atoms. The van der Waals surface area contributed by atoms with Gasteiger partial charge >= 0.3 is 0 Å². The van der Waals surface area contributed by atoms with E-state index in [2.05, 4.69) is 0 Å². The molecule has 0 saturated heterocycles. The van der Waals surface area contributed by atoms with Gasteiger partial charge in [-0.05, 0) is 30.0 Å². The Morgan fingerprint density at radius 1 is 1.54 bits per heavy atom. The Hall–Kier alpha value is -0.570. The van der Waals surface area contributed by atoms with Crippen molar-refractivity contribution in [3.05, 3.63) is 34.3 Å². The van der Waals surface area contributed by atoms with Gasteiger partial charge in [-0.3, -0.25) is 0 Å². The zero-order chi connectivity index (χ0) is 9.47. The minimum Gasteiger partial charge on any atom is -0.394 e. The molecule has 3 N–H and O–H groups in total. The number of rotatable bonds is 1. The van der Waals surface area contributed by atoms with Crippen LogP contribution < -0.4 is 5.73 Å². The third-order valence-corrected chi connectivity index (χ3v) is 3.11. The Morgan fingerprint density at radius 3 is 3.00 bits per heavy atom. The summed E-state index contributed by atoms with van der Waals surface area (Å²) in [5.41, 5.74) is 7.56. The molecule has 1 unspecified atom stereocenters. The number of benzene rings is 1. The van der Waals surface area contributed by atoms with E-state index in [1.807, 2.05) is 18.2 Å². The molecule has 2 nitrogen and oxygen atoms in total. The van der Waals surface area contributed by atoms with Gasteiger partial charge in [-0.1, -0.05) is 23.7 Å². The van der Waals surface area contributed by atoms with Crippen LogP contribution in [-0.4, -0.2) is 11.7 Å². The summed E-state index contributed by atoms with van der Waals surface area (Å²) in [5, 5.41) is 9.96. The number of aliphatic hydroxyl groups is 1. The van der Waals surface area contributed by atoms with Crippen molar-refractivity contribution in [2.45, 2.75) is 18.4 Å². The average Bonchev–Trinajstić information content (AvgIpc) is 2.47. The smallest absolute Gasteiger partial charge is 0.0653 e. The van der Waals surface area contributed by atoms with Crippen LogP contribution in [0.25, 0.3) is 0 Å². The van der Waals surface area contributed by atoms with Crippen molar-refractivity contribution in [2.24, 2.45) is 5.73 Å². The molecule has 1 aliphatic rings. The lowest BCUT2D eigenvalue weighted by Crippen LogP contribution is -2.37. The van der Waals surface area contributed by atoms with Crippen LogP contribution >= 0.6 is 11.6 Å². The molecule has 1 aliphatic carbocycles. The first-order valence-corrected chi connectivity index (χ1v) is 4.73. The Kier molecular flexibility index (Phi) is 2.06. The molecule has 0 bridgehead atoms. The van der Waals surface area contributed by atoms with Crippen molar-refractivity contribution in [3.8, 4) is 0 Å². The molecule has 3 heteroatoms. The average molecular weight is 198 g/mol. The van der Waals surface area contributed by atoms with Gasteiger partial charge in [-0.25, -0.2) is 0 Å². The lowest BCUT2D eigenvalue weighted by Gasteiger charge is -2.22. The van der Waals surface area contributed by atoms with E-state index in [0.717, 1.165) is 29.0 Å². The van der Waals surface area contributed by atoms with Gasteiger partial charge < -0.3 is 10.8 Å². The molecule has 70 valence electrons. The second-order valence-electron chi connectivity index (χ2n) is 3.58. The molecule has 1 atom stereocenters. The summed E-state index contributed by atoms with van der Waals surface area (Å²) in [6.45, 7) is -0.0135. The summed E-state index contributed by atoms with van der Waals surface area (Å²) < 4.78 is 0. The van der Waals surface area contributed by atoms with Crippen molar-refractivity contribution in [1.82, 2.24) is 0 Å². The van der Waals surface area contributed by atoms with Gasteiger partial charge in [0.1, 0.15) is 0 Å². The van der Waals surface area contributed by atoms with E-state index in [0.29, 0.717) is 0 Å². The first kappa shape index (κ1) is 9.00. The van der Waals surface area contributed by atoms with E-state index < -0.39 is 5.54 Å². The second-order valence-corrected chi connectivity index (χ2v) is 3.99. The van der Waals surface area contributed by atoms with E-state index in [1.165, 1.54) is 0 Å². The minimum atomic E-state index is -0.569. The number of hydrogen-bond donors (Lipinski definition) is 2. The van der Waals surface area contributed by atoms with Crippen LogP contribution in [0.5, 0.6) is 0 Å². The molecule has 1 aromatic carbocycles. The Labute approximate surface area is 82.3 Å². The van der Waals surface area contributed by atoms with E-state index in [1.54, 1.807) is 0 Å². The number of hydrogen-bond acceptors (Lipinski definition) is 2. The van der Waals surface area contributed by atoms with Gasteiger partial charge in [0, 0.05) is 5.02 Å². The number of nitrogens with two attached hydrogens (primary N) is 1. The monoisotopic (exact) mass is 197 g/mol. The Morgan fingerprint density at radius 2 is 2.31 bits per heavy atom. The maximum absolute atomic E-state index is 9.19. The molecular weight excluding hydrogens is 186 g/mol. The Balaban J connectivity index is 2.55. The fraction of sp³-hybridized carbons (Fsp3) is 0.400. The highest BCUT2D eigenvalue weighted by atomic mass is 35.5. The van der Waals surface area contributed by atoms with Gasteiger partial charge in [-0.2, -0.15) is 0 Å². The summed E-state index contributed by atoms with van der Waals surface area (Å²) in [6.07, 6.45) is 1.65. The highest BCUT2D eigenvalue weighted by Gasteiger charge is 2.35. The molecular formula is C10H12ClNO. The van der Waals surface area contributed by atoms with Gasteiger partial charge in [0.25, 0.3) is 0 Å². The van der Waals surface area contributed by atoms with E-state index >= 15 is 0 Å². The van der Waals surface area contributed by atoms with E-state index in [4.69, 9.17) is 17.3 Å². The highest BCUT2D eigenvalue weighted by Crippen LogP contribution is 2.37. The molecule has 0 aliphatic heterocycles. The molecule has 0 heterocycles. The molecule has 0 spiro atoms. The van der Waals surface area contributed by atoms with Crippen molar-refractivity contribution in [1.29, 1.82) is 0 Å². The third kappa shape index (κ3) is 1.26. The zero-order valence-corrected chi connectivity index (χ0v) is 8.01. The summed E-state index contributed by atoms with van der Waals surface area (Å²) >= 11 is 6.02. The summed E-state index contributed by atoms with van der Waals surface area (Å²) in [6, 6.07) is 5.69. The quantitative estimate of drug-likeness (QED) is 0.716. The first-order chi connectivity index (χ1) is 6.17. The summed E-state index contributed by atoms with van der Waals surface area (Å²) in [5.74, 6) is 0. The first-order valence-electron chi connectivity index (χ1n) is 4.35. The molecule has 0 amide bonds. The van der Waals surface area contributed by atoms with Crippen LogP contribution in [0.3, 0.4) is 0 Å². The largest absolute Gasteiger partial charge is 0.394 e. The standard InChI is InChI=1S/C10H12ClNO/c11-9-3-1-2-8-7(9)4-5-10(8,12)6-13/h1-3,13H,4-6,12H2. The normalized spacial score (nSPS) is 26.1. The van der Waals surface area contributed by atoms with Crippen LogP contribution in [0.15, 0.2) is 18.2 Å². The molecule has 2 rings (SSSR count). The van der Waals surface area contributed by atoms with Crippen LogP contribution in [0, 0.1) is 0 Å². The van der Waals surface area contributed by atoms with Crippen LogP contribution in [0.1, 0.15) is 17.5 Å². The maximum Gasteiger partial charge on any atom is 0.0653 e. The molecule has 0 fully saturated rings. The van der Waals surface area contributed by atoms with E-state index in [-0.39, 0.29) is 6.61 Å².